The summed E-state index contributed by atoms with van der Waals surface area (Å²) in [5.74, 6) is -0.130. The molecule has 10 heteroatoms. The van der Waals surface area contributed by atoms with Crippen LogP contribution in [0.1, 0.15) is 39.2 Å². The summed E-state index contributed by atoms with van der Waals surface area (Å²) in [6.45, 7) is 9.92. The van der Waals surface area contributed by atoms with E-state index in [0.717, 1.165) is 35.1 Å². The Morgan fingerprint density at radius 3 is 2.46 bits per heavy atom. The second kappa shape index (κ2) is 11.5. The van der Waals surface area contributed by atoms with E-state index in [-0.39, 0.29) is 18.7 Å². The zero-order chi connectivity index (χ0) is 26.4. The minimum absolute atomic E-state index is 0.243. The van der Waals surface area contributed by atoms with Crippen molar-refractivity contribution in [2.75, 3.05) is 6.61 Å². The quantitative estimate of drug-likeness (QED) is 0.318. The monoisotopic (exact) mass is 501 g/mol. The molecule has 2 heterocycles. The zero-order valence-electron chi connectivity index (χ0n) is 21.3. The normalized spacial score (nSPS) is 14.9. The van der Waals surface area contributed by atoms with Crippen LogP contribution in [0.4, 0.5) is 0 Å². The van der Waals surface area contributed by atoms with Gasteiger partial charge in [-0.25, -0.2) is 9.89 Å². The van der Waals surface area contributed by atoms with Crippen LogP contribution >= 0.6 is 0 Å². The van der Waals surface area contributed by atoms with Gasteiger partial charge in [0.2, 0.25) is 0 Å². The molecule has 1 aliphatic rings. The molecule has 0 saturated heterocycles. The molecule has 0 fully saturated rings. The van der Waals surface area contributed by atoms with E-state index in [2.05, 4.69) is 39.6 Å². The fourth-order valence-corrected chi connectivity index (χ4v) is 4.24. The first-order valence-corrected chi connectivity index (χ1v) is 12.3. The Kier molecular flexibility index (Phi) is 7.97. The first kappa shape index (κ1) is 25.6. The highest BCUT2D eigenvalue weighted by atomic mass is 16.5. The number of carbonyl (C=O) groups excluding carboxylic acids is 2. The van der Waals surface area contributed by atoms with Crippen molar-refractivity contribution >= 4 is 11.9 Å². The molecule has 0 radical (unpaired) electrons. The number of nitrogens with zero attached hydrogens (tertiary/aromatic N) is 5. The molecule has 1 aromatic heterocycles. The predicted octanol–water partition coefficient (Wildman–Crippen LogP) is 3.79. The number of benzene rings is 2. The standard InChI is InChI=1S/C27H31N7O3/c1-5-9-24-33(23(27(36)37-6-2)17-34(24)30-26(35)18(3)4)16-19-12-14-20(15-13-19)21-10-7-8-11-22(21)25-28-31-32-29-25/h7-8,10-15,17,24H,3,5-6,9,16H2,1-2,4H3,(H,30,35)(H,28,29,31,32). The van der Waals surface area contributed by atoms with E-state index in [1.807, 2.05) is 53.4 Å². The topological polar surface area (TPSA) is 116 Å². The second-order valence-corrected chi connectivity index (χ2v) is 8.75. The van der Waals surface area contributed by atoms with Crippen LogP contribution in [-0.4, -0.2) is 55.2 Å². The van der Waals surface area contributed by atoms with Gasteiger partial charge in [0, 0.05) is 17.7 Å². The van der Waals surface area contributed by atoms with Crippen LogP contribution in [0.3, 0.4) is 0 Å². The van der Waals surface area contributed by atoms with Gasteiger partial charge >= 0.3 is 5.97 Å². The molecule has 37 heavy (non-hydrogen) atoms. The van der Waals surface area contributed by atoms with Crippen LogP contribution < -0.4 is 5.43 Å². The lowest BCUT2D eigenvalue weighted by Gasteiger charge is -2.33. The van der Waals surface area contributed by atoms with Gasteiger partial charge in [-0.2, -0.15) is 0 Å². The van der Waals surface area contributed by atoms with Gasteiger partial charge in [0.05, 0.1) is 12.8 Å². The van der Waals surface area contributed by atoms with Crippen molar-refractivity contribution in [3.05, 3.63) is 78.1 Å². The van der Waals surface area contributed by atoms with E-state index in [1.165, 1.54) is 0 Å². The highest BCUT2D eigenvalue weighted by Gasteiger charge is 2.36. The Labute approximate surface area is 216 Å². The van der Waals surface area contributed by atoms with Gasteiger partial charge in [0.25, 0.3) is 5.91 Å². The fourth-order valence-electron chi connectivity index (χ4n) is 4.24. The van der Waals surface area contributed by atoms with E-state index in [9.17, 15) is 9.59 Å². The van der Waals surface area contributed by atoms with Crippen LogP contribution in [0, 0.1) is 0 Å². The minimum atomic E-state index is -0.429. The smallest absolute Gasteiger partial charge is 0.356 e. The molecule has 1 unspecified atom stereocenters. The summed E-state index contributed by atoms with van der Waals surface area (Å²) >= 11 is 0. The fraction of sp³-hybridized carbons (Fsp3) is 0.296. The average Bonchev–Trinajstić information content (AvgIpc) is 3.54. The molecule has 10 nitrogen and oxygen atoms in total. The number of aromatic nitrogens is 4. The molecule has 192 valence electrons. The Morgan fingerprint density at radius 2 is 1.84 bits per heavy atom. The molecule has 4 rings (SSSR count). The third-order valence-electron chi connectivity index (χ3n) is 6.05. The number of aromatic amines is 1. The molecule has 0 saturated carbocycles. The van der Waals surface area contributed by atoms with Crippen molar-refractivity contribution in [1.29, 1.82) is 0 Å². The van der Waals surface area contributed by atoms with Crippen molar-refractivity contribution in [3.8, 4) is 22.5 Å². The number of carbonyl (C=O) groups is 2. The maximum Gasteiger partial charge on any atom is 0.356 e. The number of rotatable bonds is 10. The molecule has 2 aromatic carbocycles. The van der Waals surface area contributed by atoms with E-state index >= 15 is 0 Å². The molecule has 1 aliphatic heterocycles. The summed E-state index contributed by atoms with van der Waals surface area (Å²) in [5.41, 5.74) is 7.56. The Bertz CT molecular complexity index is 1290. The van der Waals surface area contributed by atoms with Crippen LogP contribution in [0.25, 0.3) is 22.5 Å². The highest BCUT2D eigenvalue weighted by Crippen LogP contribution is 2.31. The maximum atomic E-state index is 12.8. The zero-order valence-corrected chi connectivity index (χ0v) is 21.3. The third-order valence-corrected chi connectivity index (χ3v) is 6.05. The molecule has 1 amide bonds. The Hall–Kier alpha value is -4.47. The van der Waals surface area contributed by atoms with Crippen LogP contribution in [0.5, 0.6) is 0 Å². The Morgan fingerprint density at radius 1 is 1.11 bits per heavy atom. The average molecular weight is 502 g/mol. The van der Waals surface area contributed by atoms with E-state index in [1.54, 1.807) is 25.1 Å². The van der Waals surface area contributed by atoms with Gasteiger partial charge < -0.3 is 9.64 Å². The van der Waals surface area contributed by atoms with Gasteiger partial charge in [-0.1, -0.05) is 68.5 Å². The molecular formula is C27H31N7O3. The molecule has 0 spiro atoms. The summed E-state index contributed by atoms with van der Waals surface area (Å²) < 4.78 is 5.32. The highest BCUT2D eigenvalue weighted by molar-refractivity contribution is 5.92. The number of nitrogens with one attached hydrogen (secondary N) is 2. The van der Waals surface area contributed by atoms with Crippen molar-refractivity contribution in [2.45, 2.75) is 46.3 Å². The number of tetrazole rings is 1. The maximum absolute atomic E-state index is 12.8. The van der Waals surface area contributed by atoms with Gasteiger partial charge in [-0.05, 0) is 47.4 Å². The summed E-state index contributed by atoms with van der Waals surface area (Å²) in [4.78, 5) is 27.2. The molecular weight excluding hydrogens is 470 g/mol. The largest absolute Gasteiger partial charge is 0.461 e. The first-order chi connectivity index (χ1) is 17.9. The van der Waals surface area contributed by atoms with Crippen molar-refractivity contribution < 1.29 is 14.3 Å². The minimum Gasteiger partial charge on any atom is -0.461 e. The molecule has 3 aromatic rings. The van der Waals surface area contributed by atoms with Gasteiger partial charge in [-0.3, -0.25) is 15.2 Å². The lowest BCUT2D eigenvalue weighted by atomic mass is 9.98. The lowest BCUT2D eigenvalue weighted by molar-refractivity contribution is -0.140. The van der Waals surface area contributed by atoms with Gasteiger partial charge in [0.15, 0.2) is 5.82 Å². The lowest BCUT2D eigenvalue weighted by Crippen LogP contribution is -2.48. The number of esters is 1. The van der Waals surface area contributed by atoms with E-state index in [0.29, 0.717) is 23.6 Å². The molecule has 1 atom stereocenters. The second-order valence-electron chi connectivity index (χ2n) is 8.75. The first-order valence-electron chi connectivity index (χ1n) is 12.3. The molecule has 0 bridgehead atoms. The predicted molar refractivity (Wildman–Crippen MR) is 139 cm³/mol. The summed E-state index contributed by atoms with van der Waals surface area (Å²) in [6, 6.07) is 16.0. The van der Waals surface area contributed by atoms with Crippen molar-refractivity contribution in [3.63, 3.8) is 0 Å². The number of hydrogen-bond acceptors (Lipinski definition) is 8. The van der Waals surface area contributed by atoms with Gasteiger partial charge in [-0.15, -0.1) is 5.10 Å². The number of amides is 1. The van der Waals surface area contributed by atoms with Gasteiger partial charge in [0.1, 0.15) is 11.9 Å². The van der Waals surface area contributed by atoms with Crippen LogP contribution in [-0.2, 0) is 20.9 Å². The number of ether oxygens (including phenoxy) is 1. The van der Waals surface area contributed by atoms with Crippen molar-refractivity contribution in [2.24, 2.45) is 0 Å². The number of hydrogen-bond donors (Lipinski definition) is 2. The Balaban J connectivity index is 1.61. The SMILES string of the molecule is C=C(C)C(=O)NN1C=C(C(=O)OCC)N(Cc2ccc(-c3ccccc3-c3nnn[nH]3)cc2)C1CCC. The third kappa shape index (κ3) is 5.69. The summed E-state index contributed by atoms with van der Waals surface area (Å²) in [5, 5.41) is 15.9. The molecule has 2 N–H and O–H groups in total. The van der Waals surface area contributed by atoms with E-state index in [4.69, 9.17) is 4.74 Å². The van der Waals surface area contributed by atoms with Crippen LogP contribution in [0.2, 0.25) is 0 Å². The van der Waals surface area contributed by atoms with Crippen molar-refractivity contribution in [1.82, 2.24) is 36.0 Å². The number of H-pyrrole nitrogens is 1. The van der Waals surface area contributed by atoms with Crippen LogP contribution in [0.15, 0.2) is 72.6 Å². The molecule has 0 aliphatic carbocycles. The summed E-state index contributed by atoms with van der Waals surface area (Å²) in [6.07, 6.45) is 2.99. The number of hydrazine groups is 1. The van der Waals surface area contributed by atoms with E-state index < -0.39 is 5.97 Å². The summed E-state index contributed by atoms with van der Waals surface area (Å²) in [7, 11) is 0.